The molecule has 0 amide bonds. The molecule has 0 aliphatic heterocycles. The van der Waals surface area contributed by atoms with E-state index in [9.17, 15) is 0 Å². The number of rotatable bonds is 0. The predicted molar refractivity (Wildman–Crippen MR) is 7.98 cm³/mol. The van der Waals surface area contributed by atoms with Gasteiger partial charge in [0, 0.05) is 31.1 Å². The topological polar surface area (TPSA) is 0 Å². The van der Waals surface area contributed by atoms with Crippen molar-refractivity contribution in [3.63, 3.8) is 0 Å². The average Bonchev–Trinajstić information content (AvgIpc) is 0. The Hall–Kier alpha value is 1.40. The van der Waals surface area contributed by atoms with E-state index in [1.807, 2.05) is 0 Å². The number of hydrogen-bond acceptors (Lipinski definition) is 0. The van der Waals surface area contributed by atoms with Gasteiger partial charge >= 0.3 is 23.1 Å². The van der Waals surface area contributed by atoms with Crippen LogP contribution in [0.15, 0.2) is 0 Å². The van der Waals surface area contributed by atoms with Gasteiger partial charge in [-0.1, -0.05) is 0 Å². The van der Waals surface area contributed by atoms with E-state index in [1.54, 1.807) is 0 Å². The van der Waals surface area contributed by atoms with Crippen LogP contribution >= 0.6 is 0 Å². The van der Waals surface area contributed by atoms with Crippen LogP contribution in [0.3, 0.4) is 0 Å². The normalized spacial score (nSPS) is 0. The molecule has 0 unspecified atom stereocenters. The van der Waals surface area contributed by atoms with E-state index in [1.165, 1.54) is 0 Å². The zero-order valence-corrected chi connectivity index (χ0v) is 9.05. The first-order chi connectivity index (χ1) is 0. The summed E-state index contributed by atoms with van der Waals surface area (Å²) >= 11 is 0. The first-order valence-electron chi connectivity index (χ1n) is 0. The molecule has 0 saturated heterocycles. The molecule has 0 aliphatic rings. The van der Waals surface area contributed by atoms with E-state index in [4.69, 9.17) is 0 Å². The Kier molecular flexibility index (Phi) is 9970. The van der Waals surface area contributed by atoms with Crippen LogP contribution in [0.4, 0.5) is 0 Å². The summed E-state index contributed by atoms with van der Waals surface area (Å²) in [5.74, 6) is 0. The minimum absolute atomic E-state index is 0. The monoisotopic (exact) mass is 378 g/mol. The van der Waals surface area contributed by atoms with E-state index in [0.29, 0.717) is 0 Å². The smallest absolute Gasteiger partial charge is 1.00 e. The van der Waals surface area contributed by atoms with Crippen LogP contribution in [0, 0.1) is 31.1 Å². The molecule has 0 N–H and O–H groups in total. The Labute approximate surface area is 84.9 Å². The molecular weight excluding hydrogens is 376 g/mol. The number of hydrogen-bond donors (Lipinski definition) is 0. The minimum Gasteiger partial charge on any atom is -1.00 e. The summed E-state index contributed by atoms with van der Waals surface area (Å²) in [5, 5.41) is 0. The molecule has 0 atom stereocenters. The van der Waals surface area contributed by atoms with Gasteiger partial charge in [0.1, 0.15) is 0 Å². The fourth-order valence-electron chi connectivity index (χ4n) is 0. The largest absolute Gasteiger partial charge is 2.00 e. The second-order valence-corrected chi connectivity index (χ2v) is 0. The predicted octanol–water partition coefficient (Wildman–Crippen LogP) is -18.1. The van der Waals surface area contributed by atoms with Crippen molar-refractivity contribution in [1.29, 1.82) is 0 Å². The molecule has 0 fully saturated rings. The van der Waals surface area contributed by atoms with Crippen molar-refractivity contribution in [1.82, 2.24) is 0 Å². The van der Waals surface area contributed by atoms with Gasteiger partial charge in [0.05, 0.1) is 0 Å². The van der Waals surface area contributed by atoms with Crippen LogP contribution < -0.4 is 28.2 Å². The van der Waals surface area contributed by atoms with Crippen LogP contribution in [0.25, 0.3) is 0 Å². The molecule has 56 valence electrons. The summed E-state index contributed by atoms with van der Waals surface area (Å²) in [6.45, 7) is 0. The summed E-state index contributed by atoms with van der Waals surface area (Å²) in [7, 11) is 0. The Morgan fingerprint density at radius 1 is 0.500 bits per heavy atom. The molecule has 0 aromatic carbocycles. The first-order valence-corrected chi connectivity index (χ1v) is 0. The van der Waals surface area contributed by atoms with Crippen molar-refractivity contribution in [2.24, 2.45) is 0 Å². The standard InChI is InChI=1S/6FH.Mg.U.2H/h6*1H;;;;/q;;;;;;+2;;2*-1/p-6. The second-order valence-electron chi connectivity index (χ2n) is 0. The van der Waals surface area contributed by atoms with E-state index in [2.05, 4.69) is 0 Å². The van der Waals surface area contributed by atoms with Gasteiger partial charge in [-0.3, -0.25) is 0 Å². The Balaban J connectivity index is 0. The fourth-order valence-corrected chi connectivity index (χ4v) is 0. The van der Waals surface area contributed by atoms with Crippen LogP contribution in [0.1, 0.15) is 2.85 Å². The summed E-state index contributed by atoms with van der Waals surface area (Å²) in [4.78, 5) is 0. The summed E-state index contributed by atoms with van der Waals surface area (Å²) in [6, 6.07) is 0. The summed E-state index contributed by atoms with van der Waals surface area (Å²) < 4.78 is 0. The summed E-state index contributed by atoms with van der Waals surface area (Å²) in [6.07, 6.45) is 0. The van der Waals surface area contributed by atoms with Crippen LogP contribution in [0.5, 0.6) is 0 Å². The van der Waals surface area contributed by atoms with Gasteiger partial charge in [0.2, 0.25) is 0 Å². The molecule has 0 radical (unpaired) electrons. The first kappa shape index (κ1) is 339. The molecule has 0 saturated carbocycles. The van der Waals surface area contributed by atoms with Gasteiger partial charge in [0.15, 0.2) is 0 Å². The minimum atomic E-state index is 0. The third-order valence-electron chi connectivity index (χ3n) is 0. The van der Waals surface area contributed by atoms with Crippen LogP contribution in [-0.4, -0.2) is 23.1 Å². The van der Waals surface area contributed by atoms with E-state index in [-0.39, 0.29) is 85.2 Å². The van der Waals surface area contributed by atoms with Crippen molar-refractivity contribution < 1.29 is 62.2 Å². The molecular formula is H2F6MgU-6. The molecule has 0 rings (SSSR count). The van der Waals surface area contributed by atoms with Crippen molar-refractivity contribution in [2.45, 2.75) is 0 Å². The molecule has 0 nitrogen and oxygen atoms in total. The van der Waals surface area contributed by atoms with E-state index >= 15 is 0 Å². The summed E-state index contributed by atoms with van der Waals surface area (Å²) in [5.41, 5.74) is 0. The van der Waals surface area contributed by atoms with Gasteiger partial charge in [0.25, 0.3) is 0 Å². The quantitative estimate of drug-likeness (QED) is 0.290. The van der Waals surface area contributed by atoms with Gasteiger partial charge in [-0.2, -0.15) is 0 Å². The molecule has 0 bridgehead atoms. The van der Waals surface area contributed by atoms with E-state index < -0.39 is 0 Å². The molecule has 0 aromatic heterocycles. The third kappa shape index (κ3) is 155. The molecule has 0 heterocycles. The Bertz CT molecular complexity index is 15.7. The Morgan fingerprint density at radius 3 is 0.500 bits per heavy atom. The van der Waals surface area contributed by atoms with Crippen LogP contribution in [-0.2, 0) is 0 Å². The Morgan fingerprint density at radius 2 is 0.500 bits per heavy atom. The fraction of sp³-hybridized carbons (Fsp3) is 0. The van der Waals surface area contributed by atoms with Crippen molar-refractivity contribution in [3.8, 4) is 0 Å². The molecule has 8 heavy (non-hydrogen) atoms. The SMILES string of the molecule is [F-].[F-].[F-].[F-].[F-].[F-].[H-].[H-].[Mg+2].[U]. The van der Waals surface area contributed by atoms with E-state index in [0.717, 1.165) is 0 Å². The van der Waals surface area contributed by atoms with Crippen LogP contribution in [0.2, 0.25) is 0 Å². The van der Waals surface area contributed by atoms with Crippen molar-refractivity contribution in [2.75, 3.05) is 0 Å². The maximum Gasteiger partial charge on any atom is 2.00 e. The third-order valence-corrected chi connectivity index (χ3v) is 0. The van der Waals surface area contributed by atoms with Gasteiger partial charge in [-0.25, -0.2) is 0 Å². The molecule has 8 heteroatoms. The van der Waals surface area contributed by atoms with Gasteiger partial charge < -0.3 is 31.1 Å². The van der Waals surface area contributed by atoms with Crippen molar-refractivity contribution >= 4 is 23.1 Å². The second kappa shape index (κ2) is 235. The number of halogens is 6. The zero-order chi connectivity index (χ0) is 0. The average molecular weight is 378 g/mol. The van der Waals surface area contributed by atoms with Gasteiger partial charge in [-0.05, 0) is 0 Å². The molecule has 0 aromatic rings. The van der Waals surface area contributed by atoms with Gasteiger partial charge in [-0.15, -0.1) is 0 Å². The maximum absolute atomic E-state index is 0. The van der Waals surface area contributed by atoms with Crippen molar-refractivity contribution in [3.05, 3.63) is 0 Å². The molecule has 0 spiro atoms. The molecule has 0 aliphatic carbocycles. The zero-order valence-electron chi connectivity index (χ0n) is 5.47. The maximum atomic E-state index is 0.